The summed E-state index contributed by atoms with van der Waals surface area (Å²) in [6.45, 7) is 5.46. The number of ketones is 1. The highest BCUT2D eigenvalue weighted by atomic mass is 32.2. The first-order chi connectivity index (χ1) is 9.26. The molecule has 0 amide bonds. The number of rotatable bonds is 6. The molecule has 0 spiro atoms. The van der Waals surface area contributed by atoms with Gasteiger partial charge in [-0.1, -0.05) is 6.07 Å². The Morgan fingerprint density at radius 1 is 1.15 bits per heavy atom. The smallest absolute Gasteiger partial charge is 0.313 e. The predicted octanol–water partition coefficient (Wildman–Crippen LogP) is 1.60. The lowest BCUT2D eigenvalue weighted by Gasteiger charge is -2.06. The quantitative estimate of drug-likeness (QED) is 0.589. The molecule has 0 radical (unpaired) electrons. The molecule has 6 heteroatoms. The van der Waals surface area contributed by atoms with Crippen molar-refractivity contribution in [2.75, 3.05) is 12.4 Å². The number of benzene rings is 1. The van der Waals surface area contributed by atoms with Gasteiger partial charge in [-0.05, 0) is 44.0 Å². The minimum atomic E-state index is -3.72. The number of carbonyl (C=O) groups is 2. The van der Waals surface area contributed by atoms with Gasteiger partial charge in [0.15, 0.2) is 15.6 Å². The van der Waals surface area contributed by atoms with Crippen molar-refractivity contribution in [3.05, 3.63) is 29.3 Å². The molecule has 0 saturated carbocycles. The molecule has 20 heavy (non-hydrogen) atoms. The molecule has 0 fully saturated rings. The summed E-state index contributed by atoms with van der Waals surface area (Å²) in [5.74, 6) is -2.05. The number of Topliss-reactive ketones (excluding diaryl/α,β-unsaturated/α-hetero) is 1. The number of esters is 1. The van der Waals surface area contributed by atoms with Crippen molar-refractivity contribution < 1.29 is 22.7 Å². The Kier molecular flexibility index (Phi) is 5.44. The number of hydrogen-bond donors (Lipinski definition) is 0. The van der Waals surface area contributed by atoms with Gasteiger partial charge in [0.1, 0.15) is 12.2 Å². The summed E-state index contributed by atoms with van der Waals surface area (Å²) in [6.07, 6.45) is -0.516. The van der Waals surface area contributed by atoms with Crippen LogP contribution in [0.5, 0.6) is 0 Å². The first kappa shape index (κ1) is 16.4. The van der Waals surface area contributed by atoms with Gasteiger partial charge in [0.25, 0.3) is 0 Å². The van der Waals surface area contributed by atoms with Crippen molar-refractivity contribution in [3.63, 3.8) is 0 Å². The number of ether oxygens (including phenoxy) is 1. The molecule has 0 N–H and O–H groups in total. The summed E-state index contributed by atoms with van der Waals surface area (Å²) >= 11 is 0. The summed E-state index contributed by atoms with van der Waals surface area (Å²) in [7, 11) is -3.72. The van der Waals surface area contributed by atoms with E-state index in [9.17, 15) is 18.0 Å². The highest BCUT2D eigenvalue weighted by Crippen LogP contribution is 2.16. The van der Waals surface area contributed by atoms with Crippen LogP contribution in [0.2, 0.25) is 0 Å². The molecule has 1 rings (SSSR count). The molecular weight excluding hydrogens is 280 g/mol. The maximum absolute atomic E-state index is 12.1. The maximum Gasteiger partial charge on any atom is 0.313 e. The summed E-state index contributed by atoms with van der Waals surface area (Å²) < 4.78 is 28.8. The molecule has 0 bridgehead atoms. The Balaban J connectivity index is 2.82. The second-order valence-corrected chi connectivity index (χ2v) is 6.52. The van der Waals surface area contributed by atoms with Crippen LogP contribution in [0.15, 0.2) is 23.1 Å². The predicted molar refractivity (Wildman–Crippen MR) is 74.2 cm³/mol. The van der Waals surface area contributed by atoms with Crippen LogP contribution in [0.3, 0.4) is 0 Å². The first-order valence-corrected chi connectivity index (χ1v) is 7.89. The molecule has 0 aromatic heterocycles. The lowest BCUT2D eigenvalue weighted by molar-refractivity contribution is -0.145. The topological polar surface area (TPSA) is 77.5 Å². The summed E-state index contributed by atoms with van der Waals surface area (Å²) in [5, 5.41) is 0. The number of hydrogen-bond acceptors (Lipinski definition) is 5. The highest BCUT2D eigenvalue weighted by Gasteiger charge is 2.21. The average molecular weight is 298 g/mol. The van der Waals surface area contributed by atoms with Crippen molar-refractivity contribution in [2.24, 2.45) is 0 Å². The van der Waals surface area contributed by atoms with Crippen molar-refractivity contribution in [1.29, 1.82) is 0 Å². The Morgan fingerprint density at radius 2 is 1.80 bits per heavy atom. The molecule has 0 aliphatic rings. The second-order valence-electron chi connectivity index (χ2n) is 4.53. The van der Waals surface area contributed by atoms with E-state index in [0.29, 0.717) is 0 Å². The molecular formula is C14H18O5S. The zero-order valence-corrected chi connectivity index (χ0v) is 12.6. The van der Waals surface area contributed by atoms with Gasteiger partial charge in [0, 0.05) is 0 Å². The fourth-order valence-corrected chi connectivity index (χ4v) is 2.95. The van der Waals surface area contributed by atoms with Crippen molar-refractivity contribution in [1.82, 2.24) is 0 Å². The van der Waals surface area contributed by atoms with E-state index in [1.54, 1.807) is 19.9 Å². The first-order valence-electron chi connectivity index (χ1n) is 6.23. The Bertz CT molecular complexity index is 616. The third-order valence-corrected chi connectivity index (χ3v) is 4.51. The van der Waals surface area contributed by atoms with Crippen LogP contribution in [-0.2, 0) is 24.2 Å². The molecule has 1 aromatic rings. The van der Waals surface area contributed by atoms with E-state index >= 15 is 0 Å². The lowest BCUT2D eigenvalue weighted by Crippen LogP contribution is -2.20. The zero-order chi connectivity index (χ0) is 15.3. The molecule has 0 heterocycles. The fraction of sp³-hybridized carbons (Fsp3) is 0.429. The van der Waals surface area contributed by atoms with Crippen LogP contribution >= 0.6 is 0 Å². The van der Waals surface area contributed by atoms with Crippen molar-refractivity contribution >= 4 is 21.6 Å². The van der Waals surface area contributed by atoms with Crippen LogP contribution in [0.25, 0.3) is 0 Å². The minimum Gasteiger partial charge on any atom is -0.466 e. The molecule has 5 nitrogen and oxygen atoms in total. The Hall–Kier alpha value is -1.69. The second kappa shape index (κ2) is 6.65. The molecule has 0 aliphatic carbocycles. The summed E-state index contributed by atoms with van der Waals surface area (Å²) in [5.41, 5.74) is 1.81. The molecule has 0 aliphatic heterocycles. The van der Waals surface area contributed by atoms with E-state index in [-0.39, 0.29) is 11.5 Å². The normalized spacial score (nSPS) is 11.2. The van der Waals surface area contributed by atoms with Crippen molar-refractivity contribution in [2.45, 2.75) is 32.1 Å². The van der Waals surface area contributed by atoms with E-state index < -0.39 is 33.8 Å². The van der Waals surface area contributed by atoms with Crippen LogP contribution < -0.4 is 0 Å². The van der Waals surface area contributed by atoms with E-state index in [1.807, 2.05) is 6.92 Å². The van der Waals surface area contributed by atoms with E-state index in [2.05, 4.69) is 4.74 Å². The number of aryl methyl sites for hydroxylation is 2. The lowest BCUT2D eigenvalue weighted by atomic mass is 10.1. The van der Waals surface area contributed by atoms with Gasteiger partial charge >= 0.3 is 5.97 Å². The zero-order valence-electron chi connectivity index (χ0n) is 11.8. The van der Waals surface area contributed by atoms with E-state index in [0.717, 1.165) is 11.1 Å². The SMILES string of the molecule is CCOC(=O)CC(=O)CS(=O)(=O)c1ccc(C)c(C)c1. The summed E-state index contributed by atoms with van der Waals surface area (Å²) in [6, 6.07) is 4.69. The van der Waals surface area contributed by atoms with Gasteiger partial charge in [0.05, 0.1) is 11.5 Å². The number of sulfone groups is 1. The summed E-state index contributed by atoms with van der Waals surface area (Å²) in [4.78, 5) is 22.8. The van der Waals surface area contributed by atoms with Gasteiger partial charge in [-0.25, -0.2) is 8.42 Å². The number of carbonyl (C=O) groups excluding carboxylic acids is 2. The average Bonchev–Trinajstić information content (AvgIpc) is 2.31. The van der Waals surface area contributed by atoms with Gasteiger partial charge in [-0.15, -0.1) is 0 Å². The van der Waals surface area contributed by atoms with Crippen LogP contribution in [0.1, 0.15) is 24.5 Å². The Morgan fingerprint density at radius 3 is 2.35 bits per heavy atom. The molecule has 1 aromatic carbocycles. The molecule has 0 saturated heterocycles. The van der Waals surface area contributed by atoms with Crippen LogP contribution in [0, 0.1) is 13.8 Å². The minimum absolute atomic E-state index is 0.0952. The highest BCUT2D eigenvalue weighted by molar-refractivity contribution is 7.92. The molecule has 0 unspecified atom stereocenters. The third-order valence-electron chi connectivity index (χ3n) is 2.84. The van der Waals surface area contributed by atoms with Gasteiger partial charge in [-0.2, -0.15) is 0 Å². The van der Waals surface area contributed by atoms with E-state index in [4.69, 9.17) is 0 Å². The van der Waals surface area contributed by atoms with Gasteiger partial charge in [-0.3, -0.25) is 9.59 Å². The van der Waals surface area contributed by atoms with Crippen LogP contribution in [-0.4, -0.2) is 32.5 Å². The molecule has 0 atom stereocenters. The van der Waals surface area contributed by atoms with E-state index in [1.165, 1.54) is 12.1 Å². The van der Waals surface area contributed by atoms with Crippen LogP contribution in [0.4, 0.5) is 0 Å². The fourth-order valence-electron chi connectivity index (χ4n) is 1.63. The van der Waals surface area contributed by atoms with Crippen molar-refractivity contribution in [3.8, 4) is 0 Å². The van der Waals surface area contributed by atoms with Gasteiger partial charge in [0.2, 0.25) is 0 Å². The standard InChI is InChI=1S/C14H18O5S/c1-4-19-14(16)8-12(15)9-20(17,18)13-6-5-10(2)11(3)7-13/h5-7H,4,8-9H2,1-3H3. The van der Waals surface area contributed by atoms with Gasteiger partial charge < -0.3 is 4.74 Å². The monoisotopic (exact) mass is 298 g/mol. The maximum atomic E-state index is 12.1. The Labute approximate surface area is 118 Å². The molecule has 110 valence electrons. The largest absolute Gasteiger partial charge is 0.466 e. The third kappa shape index (κ3) is 4.45.